The van der Waals surface area contributed by atoms with Crippen molar-refractivity contribution in [3.8, 4) is 0 Å². The molecule has 1 amide bonds. The van der Waals surface area contributed by atoms with Crippen LogP contribution in [-0.2, 0) is 24.4 Å². The first-order valence-electron chi connectivity index (χ1n) is 6.94. The summed E-state index contributed by atoms with van der Waals surface area (Å²) in [6.45, 7) is 1.27. The van der Waals surface area contributed by atoms with E-state index in [1.165, 1.54) is 22.9 Å². The van der Waals surface area contributed by atoms with Gasteiger partial charge in [-0.15, -0.1) is 0 Å². The molecule has 0 saturated heterocycles. The van der Waals surface area contributed by atoms with E-state index in [4.69, 9.17) is 0 Å². The van der Waals surface area contributed by atoms with Gasteiger partial charge in [0.05, 0.1) is 6.54 Å². The fraction of sp³-hybridized carbons (Fsp3) is 0.200. The third-order valence-corrected chi connectivity index (χ3v) is 3.21. The van der Waals surface area contributed by atoms with Crippen molar-refractivity contribution in [2.24, 2.45) is 0 Å². The minimum absolute atomic E-state index is 0.125. The fourth-order valence-electron chi connectivity index (χ4n) is 2.13. The summed E-state index contributed by atoms with van der Waals surface area (Å²) in [5, 5.41) is 6.74. The second-order valence-electron chi connectivity index (χ2n) is 4.83. The number of carbonyl (C=O) groups is 1. The van der Waals surface area contributed by atoms with Crippen LogP contribution in [0, 0.1) is 0 Å². The molecule has 0 aliphatic carbocycles. The van der Waals surface area contributed by atoms with E-state index >= 15 is 0 Å². The van der Waals surface area contributed by atoms with Crippen molar-refractivity contribution >= 4 is 5.91 Å². The Morgan fingerprint density at radius 3 is 2.86 bits per heavy atom. The molecule has 3 rings (SSSR count). The summed E-state index contributed by atoms with van der Waals surface area (Å²) in [4.78, 5) is 19.9. The van der Waals surface area contributed by atoms with Crippen LogP contribution in [0.1, 0.15) is 11.4 Å². The van der Waals surface area contributed by atoms with Gasteiger partial charge in [0, 0.05) is 18.9 Å². The lowest BCUT2D eigenvalue weighted by Gasteiger charge is -2.09. The maximum atomic E-state index is 11.8. The topological polar surface area (TPSA) is 77.6 Å². The van der Waals surface area contributed by atoms with Gasteiger partial charge in [0.2, 0.25) is 5.91 Å². The maximum absolute atomic E-state index is 11.8. The molecule has 1 N–H and O–H groups in total. The Labute approximate surface area is 127 Å². The predicted molar refractivity (Wildman–Crippen MR) is 79.6 cm³/mol. The van der Waals surface area contributed by atoms with E-state index in [1.807, 2.05) is 29.0 Å². The highest BCUT2D eigenvalue weighted by Gasteiger charge is 2.07. The van der Waals surface area contributed by atoms with Crippen LogP contribution < -0.4 is 5.32 Å². The molecule has 7 heteroatoms. The maximum Gasteiger partial charge on any atom is 0.242 e. The molecule has 0 bridgehead atoms. The smallest absolute Gasteiger partial charge is 0.242 e. The van der Waals surface area contributed by atoms with Crippen molar-refractivity contribution in [3.63, 3.8) is 0 Å². The van der Waals surface area contributed by atoms with Crippen LogP contribution in [0.3, 0.4) is 0 Å². The lowest BCUT2D eigenvalue weighted by atomic mass is 10.2. The van der Waals surface area contributed by atoms with Crippen LogP contribution in [0.5, 0.6) is 0 Å². The van der Waals surface area contributed by atoms with E-state index in [0.29, 0.717) is 6.54 Å². The van der Waals surface area contributed by atoms with E-state index in [1.54, 1.807) is 6.20 Å². The summed E-state index contributed by atoms with van der Waals surface area (Å²) in [6, 6.07) is 10.1. The van der Waals surface area contributed by atoms with Gasteiger partial charge in [-0.2, -0.15) is 5.10 Å². The molecule has 0 unspecified atom stereocenters. The van der Waals surface area contributed by atoms with E-state index in [2.05, 4.69) is 32.5 Å². The van der Waals surface area contributed by atoms with Crippen LogP contribution in [-0.4, -0.2) is 30.2 Å². The Morgan fingerprint density at radius 1 is 1.23 bits per heavy atom. The molecule has 0 atom stereocenters. The number of hydrogen-bond acceptors (Lipinski definition) is 4. The average Bonchev–Trinajstić information content (AvgIpc) is 3.18. The van der Waals surface area contributed by atoms with Crippen molar-refractivity contribution in [1.82, 2.24) is 29.6 Å². The molecule has 0 aliphatic heterocycles. The lowest BCUT2D eigenvalue weighted by molar-refractivity contribution is -0.122. The summed E-state index contributed by atoms with van der Waals surface area (Å²) in [7, 11) is 0. The number of benzene rings is 1. The van der Waals surface area contributed by atoms with Crippen molar-refractivity contribution in [2.45, 2.75) is 19.6 Å². The first-order chi connectivity index (χ1) is 10.8. The van der Waals surface area contributed by atoms with Gasteiger partial charge in [-0.1, -0.05) is 30.3 Å². The average molecular weight is 296 g/mol. The van der Waals surface area contributed by atoms with E-state index < -0.39 is 0 Å². The van der Waals surface area contributed by atoms with Crippen LogP contribution in [0.2, 0.25) is 0 Å². The zero-order chi connectivity index (χ0) is 15.2. The molecule has 0 saturated carbocycles. The van der Waals surface area contributed by atoms with Crippen molar-refractivity contribution in [2.75, 3.05) is 0 Å². The molecular formula is C15H16N6O. The first-order valence-corrected chi connectivity index (χ1v) is 6.94. The highest BCUT2D eigenvalue weighted by Crippen LogP contribution is 2.05. The minimum atomic E-state index is -0.125. The lowest BCUT2D eigenvalue weighted by Crippen LogP contribution is -2.28. The molecule has 3 aromatic rings. The SMILES string of the molecule is O=C(Cn1cncn1)NCc1nccn1Cc1ccccc1. The molecule has 1 aromatic carbocycles. The molecule has 0 aliphatic rings. The summed E-state index contributed by atoms with van der Waals surface area (Å²) < 4.78 is 3.50. The monoisotopic (exact) mass is 296 g/mol. The zero-order valence-corrected chi connectivity index (χ0v) is 12.0. The summed E-state index contributed by atoms with van der Waals surface area (Å²) in [5.41, 5.74) is 1.19. The number of rotatable bonds is 6. The highest BCUT2D eigenvalue weighted by atomic mass is 16.2. The number of nitrogens with one attached hydrogen (secondary N) is 1. The molecule has 0 fully saturated rings. The number of nitrogens with zero attached hydrogens (tertiary/aromatic N) is 5. The Bertz CT molecular complexity index is 720. The van der Waals surface area contributed by atoms with Gasteiger partial charge in [0.25, 0.3) is 0 Å². The first kappa shape index (κ1) is 14.0. The summed E-state index contributed by atoms with van der Waals surface area (Å²) >= 11 is 0. The van der Waals surface area contributed by atoms with Crippen LogP contribution >= 0.6 is 0 Å². The Balaban J connectivity index is 1.57. The van der Waals surface area contributed by atoms with Gasteiger partial charge < -0.3 is 9.88 Å². The molecule has 0 radical (unpaired) electrons. The molecule has 2 aromatic heterocycles. The third-order valence-electron chi connectivity index (χ3n) is 3.21. The Kier molecular flexibility index (Phi) is 4.24. The number of hydrogen-bond donors (Lipinski definition) is 1. The van der Waals surface area contributed by atoms with Gasteiger partial charge in [-0.05, 0) is 5.56 Å². The van der Waals surface area contributed by atoms with Gasteiger partial charge in [0.1, 0.15) is 25.0 Å². The normalized spacial score (nSPS) is 10.5. The zero-order valence-electron chi connectivity index (χ0n) is 12.0. The number of aromatic nitrogens is 5. The molecule has 7 nitrogen and oxygen atoms in total. The second-order valence-corrected chi connectivity index (χ2v) is 4.83. The Morgan fingerprint density at radius 2 is 2.09 bits per heavy atom. The predicted octanol–water partition coefficient (Wildman–Crippen LogP) is 0.839. The quantitative estimate of drug-likeness (QED) is 0.731. The number of carbonyl (C=O) groups excluding carboxylic acids is 1. The van der Waals surface area contributed by atoms with Crippen LogP contribution in [0.25, 0.3) is 0 Å². The van der Waals surface area contributed by atoms with Gasteiger partial charge >= 0.3 is 0 Å². The third kappa shape index (κ3) is 3.57. The molecule has 2 heterocycles. The summed E-state index contributed by atoms with van der Waals surface area (Å²) in [5.74, 6) is 0.690. The molecule has 0 spiro atoms. The van der Waals surface area contributed by atoms with E-state index in [9.17, 15) is 4.79 Å². The van der Waals surface area contributed by atoms with Gasteiger partial charge in [-0.25, -0.2) is 14.6 Å². The minimum Gasteiger partial charge on any atom is -0.347 e. The standard InChI is InChI=1S/C15H16N6O/c22-15(10-21-12-16-11-19-21)18-8-14-17-6-7-20(14)9-13-4-2-1-3-5-13/h1-7,11-12H,8-10H2,(H,18,22). The summed E-state index contributed by atoms with van der Waals surface area (Å²) in [6.07, 6.45) is 6.56. The number of imidazole rings is 1. The van der Waals surface area contributed by atoms with Crippen LogP contribution in [0.15, 0.2) is 55.4 Å². The molecule has 112 valence electrons. The molecular weight excluding hydrogens is 280 g/mol. The highest BCUT2D eigenvalue weighted by molar-refractivity contribution is 5.75. The van der Waals surface area contributed by atoms with Gasteiger partial charge in [-0.3, -0.25) is 4.79 Å². The number of amides is 1. The second kappa shape index (κ2) is 6.66. The molecule has 22 heavy (non-hydrogen) atoms. The van der Waals surface area contributed by atoms with E-state index in [-0.39, 0.29) is 12.5 Å². The van der Waals surface area contributed by atoms with Crippen LogP contribution in [0.4, 0.5) is 0 Å². The van der Waals surface area contributed by atoms with Crippen molar-refractivity contribution < 1.29 is 4.79 Å². The van der Waals surface area contributed by atoms with Crippen molar-refractivity contribution in [1.29, 1.82) is 0 Å². The van der Waals surface area contributed by atoms with Gasteiger partial charge in [0.15, 0.2) is 0 Å². The van der Waals surface area contributed by atoms with E-state index in [0.717, 1.165) is 12.4 Å². The van der Waals surface area contributed by atoms with Crippen molar-refractivity contribution in [3.05, 3.63) is 66.8 Å². The largest absolute Gasteiger partial charge is 0.347 e. The Hall–Kier alpha value is -2.96. The fourth-order valence-corrected chi connectivity index (χ4v) is 2.13.